The average Bonchev–Trinajstić information content (AvgIpc) is 1.88. The Labute approximate surface area is 56.0 Å². The number of rotatable bonds is 3. The molecule has 0 aliphatic heterocycles. The van der Waals surface area contributed by atoms with Crippen molar-refractivity contribution in [3.05, 3.63) is 24.0 Å². The third kappa shape index (κ3) is 3.53. The van der Waals surface area contributed by atoms with Crippen molar-refractivity contribution >= 4 is 6.72 Å². The Bertz CT molecular complexity index is 134. The number of hydrogen-bond donors (Lipinski definition) is 1. The van der Waals surface area contributed by atoms with Crippen molar-refractivity contribution in [2.75, 3.05) is 7.05 Å². The summed E-state index contributed by atoms with van der Waals surface area (Å²) in [4.78, 5) is 3.60. The van der Waals surface area contributed by atoms with Gasteiger partial charge in [0.05, 0.1) is 5.70 Å². The van der Waals surface area contributed by atoms with Gasteiger partial charge in [-0.3, -0.25) is 4.99 Å². The molecule has 0 aliphatic carbocycles. The van der Waals surface area contributed by atoms with Crippen molar-refractivity contribution in [1.82, 2.24) is 5.32 Å². The molecule has 0 unspecified atom stereocenters. The normalized spacial score (nSPS) is 12.0. The van der Waals surface area contributed by atoms with Crippen LogP contribution in [-0.2, 0) is 0 Å². The molecular formula is C7H12N2. The summed E-state index contributed by atoms with van der Waals surface area (Å²) in [7, 11) is 1.84. The molecule has 0 bridgehead atoms. The molecule has 0 saturated heterocycles. The summed E-state index contributed by atoms with van der Waals surface area (Å²) in [6.07, 6.45) is 5.53. The first-order valence-corrected chi connectivity index (χ1v) is 2.81. The summed E-state index contributed by atoms with van der Waals surface area (Å²) in [5.41, 5.74) is 0.965. The Morgan fingerprint density at radius 2 is 2.33 bits per heavy atom. The van der Waals surface area contributed by atoms with Crippen LogP contribution >= 0.6 is 0 Å². The van der Waals surface area contributed by atoms with Gasteiger partial charge in [-0.05, 0) is 19.7 Å². The van der Waals surface area contributed by atoms with Crippen LogP contribution < -0.4 is 5.32 Å². The minimum Gasteiger partial charge on any atom is -0.387 e. The molecule has 0 aromatic rings. The van der Waals surface area contributed by atoms with Gasteiger partial charge < -0.3 is 5.32 Å². The maximum Gasteiger partial charge on any atom is 0.0519 e. The summed E-state index contributed by atoms with van der Waals surface area (Å²) in [5, 5.41) is 2.94. The predicted octanol–water partition coefficient (Wildman–Crippen LogP) is 1.32. The minimum atomic E-state index is 0.965. The second-order valence-electron chi connectivity index (χ2n) is 1.52. The van der Waals surface area contributed by atoms with E-state index in [0.29, 0.717) is 0 Å². The summed E-state index contributed by atoms with van der Waals surface area (Å²) in [6, 6.07) is 0. The third-order valence-corrected chi connectivity index (χ3v) is 0.865. The maximum absolute atomic E-state index is 3.60. The Kier molecular flexibility index (Phi) is 4.50. The van der Waals surface area contributed by atoms with Crippen LogP contribution in [-0.4, -0.2) is 13.8 Å². The van der Waals surface area contributed by atoms with E-state index in [2.05, 4.69) is 17.0 Å². The number of nitrogens with one attached hydrogen (secondary N) is 1. The van der Waals surface area contributed by atoms with Crippen molar-refractivity contribution in [2.24, 2.45) is 4.99 Å². The first kappa shape index (κ1) is 7.95. The van der Waals surface area contributed by atoms with Crippen molar-refractivity contribution in [3.63, 3.8) is 0 Å². The highest BCUT2D eigenvalue weighted by Gasteiger charge is 1.79. The molecule has 0 saturated carbocycles. The number of hydrogen-bond acceptors (Lipinski definition) is 2. The van der Waals surface area contributed by atoms with Crippen LogP contribution in [0, 0.1) is 0 Å². The monoisotopic (exact) mass is 124 g/mol. The first-order valence-electron chi connectivity index (χ1n) is 2.81. The lowest BCUT2D eigenvalue weighted by Crippen LogP contribution is -2.01. The summed E-state index contributed by atoms with van der Waals surface area (Å²) >= 11 is 0. The molecule has 0 aromatic carbocycles. The number of likely N-dealkylation sites (N-methyl/N-ethyl adjacent to an activating group) is 1. The molecule has 0 amide bonds. The fraction of sp³-hybridized carbons (Fsp3) is 0.286. The van der Waals surface area contributed by atoms with Gasteiger partial charge in [0.1, 0.15) is 0 Å². The number of allylic oxidation sites excluding steroid dienone is 2. The van der Waals surface area contributed by atoms with Gasteiger partial charge in [-0.2, -0.15) is 0 Å². The summed E-state index contributed by atoms with van der Waals surface area (Å²) in [6.45, 7) is 5.28. The minimum absolute atomic E-state index is 0.965. The van der Waals surface area contributed by atoms with E-state index >= 15 is 0 Å². The molecule has 0 aromatic heterocycles. The van der Waals surface area contributed by atoms with Gasteiger partial charge in [-0.15, -0.1) is 0 Å². The number of nitrogens with zero attached hydrogens (tertiary/aromatic N) is 1. The van der Waals surface area contributed by atoms with Crippen LogP contribution in [0.25, 0.3) is 0 Å². The zero-order chi connectivity index (χ0) is 7.11. The maximum atomic E-state index is 3.60. The molecule has 9 heavy (non-hydrogen) atoms. The van der Waals surface area contributed by atoms with Crippen molar-refractivity contribution < 1.29 is 0 Å². The lowest BCUT2D eigenvalue weighted by molar-refractivity contribution is 1.02. The van der Waals surface area contributed by atoms with Crippen molar-refractivity contribution in [3.8, 4) is 0 Å². The van der Waals surface area contributed by atoms with E-state index in [1.54, 1.807) is 6.20 Å². The molecular weight excluding hydrogens is 112 g/mol. The van der Waals surface area contributed by atoms with Crippen LogP contribution in [0.3, 0.4) is 0 Å². The highest BCUT2D eigenvalue weighted by molar-refractivity contribution is 5.28. The van der Waals surface area contributed by atoms with Gasteiger partial charge >= 0.3 is 0 Å². The van der Waals surface area contributed by atoms with Crippen molar-refractivity contribution in [2.45, 2.75) is 6.92 Å². The fourth-order valence-corrected chi connectivity index (χ4v) is 0.469. The van der Waals surface area contributed by atoms with Gasteiger partial charge in [0.15, 0.2) is 0 Å². The smallest absolute Gasteiger partial charge is 0.0519 e. The van der Waals surface area contributed by atoms with Crippen LogP contribution in [0.4, 0.5) is 0 Å². The molecule has 1 N–H and O–H groups in total. The van der Waals surface area contributed by atoms with Crippen LogP contribution in [0.15, 0.2) is 29.0 Å². The largest absolute Gasteiger partial charge is 0.387 e. The molecule has 0 radical (unpaired) electrons. The summed E-state index contributed by atoms with van der Waals surface area (Å²) in [5.74, 6) is 0. The van der Waals surface area contributed by atoms with Gasteiger partial charge in [-0.25, -0.2) is 0 Å². The fourth-order valence-electron chi connectivity index (χ4n) is 0.469. The zero-order valence-electron chi connectivity index (χ0n) is 5.89. The first-order chi connectivity index (χ1) is 4.35. The molecule has 2 heteroatoms. The Morgan fingerprint density at radius 1 is 1.67 bits per heavy atom. The highest BCUT2D eigenvalue weighted by Crippen LogP contribution is 1.89. The third-order valence-electron chi connectivity index (χ3n) is 0.865. The average molecular weight is 124 g/mol. The van der Waals surface area contributed by atoms with Gasteiger partial charge in [-0.1, -0.05) is 6.08 Å². The van der Waals surface area contributed by atoms with E-state index in [9.17, 15) is 0 Å². The molecule has 0 fully saturated rings. The Hall–Kier alpha value is -1.05. The molecule has 0 spiro atoms. The topological polar surface area (TPSA) is 24.4 Å². The van der Waals surface area contributed by atoms with Gasteiger partial charge in [0, 0.05) is 13.2 Å². The van der Waals surface area contributed by atoms with E-state index in [-0.39, 0.29) is 0 Å². The van der Waals surface area contributed by atoms with Crippen LogP contribution in [0.1, 0.15) is 6.92 Å². The molecule has 0 atom stereocenters. The van der Waals surface area contributed by atoms with E-state index in [0.717, 1.165) is 5.70 Å². The van der Waals surface area contributed by atoms with Crippen molar-refractivity contribution in [1.29, 1.82) is 0 Å². The highest BCUT2D eigenvalue weighted by atomic mass is 14.8. The van der Waals surface area contributed by atoms with Gasteiger partial charge in [0.25, 0.3) is 0 Å². The van der Waals surface area contributed by atoms with Gasteiger partial charge in [0.2, 0.25) is 0 Å². The molecule has 2 nitrogen and oxygen atoms in total. The molecule has 0 heterocycles. The second-order valence-corrected chi connectivity index (χ2v) is 1.52. The lowest BCUT2D eigenvalue weighted by atomic mass is 10.4. The summed E-state index contributed by atoms with van der Waals surface area (Å²) < 4.78 is 0. The Morgan fingerprint density at radius 3 is 2.67 bits per heavy atom. The molecule has 0 rings (SSSR count). The molecule has 50 valence electrons. The quantitative estimate of drug-likeness (QED) is 0.445. The predicted molar refractivity (Wildman–Crippen MR) is 41.5 cm³/mol. The van der Waals surface area contributed by atoms with E-state index in [4.69, 9.17) is 0 Å². The van der Waals surface area contributed by atoms with E-state index in [1.807, 2.05) is 26.1 Å². The second kappa shape index (κ2) is 5.09. The lowest BCUT2D eigenvalue weighted by Gasteiger charge is -1.94. The van der Waals surface area contributed by atoms with E-state index in [1.165, 1.54) is 0 Å². The Balaban J connectivity index is 3.96. The standard InChI is InChI=1S/C7H12N2/c1-4-5-7(9-3)6-8-2/h4-6,9H,2H2,1,3H3/b5-4-,7-6+. The van der Waals surface area contributed by atoms with Crippen LogP contribution in [0.2, 0.25) is 0 Å². The van der Waals surface area contributed by atoms with E-state index < -0.39 is 0 Å². The SMILES string of the molecule is C=N/C=C(\C=C/C)NC. The zero-order valence-corrected chi connectivity index (χ0v) is 5.89. The number of aliphatic imine (C=N–C) groups is 1. The van der Waals surface area contributed by atoms with Crippen LogP contribution in [0.5, 0.6) is 0 Å². The molecule has 0 aliphatic rings.